The highest BCUT2D eigenvalue weighted by molar-refractivity contribution is 8.04. The molecule has 2 heterocycles. The average molecular weight is 542 g/mol. The van der Waals surface area contributed by atoms with Crippen LogP contribution in [0.15, 0.2) is 75.4 Å². The van der Waals surface area contributed by atoms with E-state index in [-0.39, 0.29) is 10.8 Å². The molecular weight excluding hydrogens is 516 g/mol. The van der Waals surface area contributed by atoms with Gasteiger partial charge in [0, 0.05) is 42.3 Å². The Bertz CT molecular complexity index is 1460. The quantitative estimate of drug-likeness (QED) is 0.469. The fourth-order valence-corrected chi connectivity index (χ4v) is 6.60. The van der Waals surface area contributed by atoms with Crippen molar-refractivity contribution in [1.82, 2.24) is 4.90 Å². The number of anilines is 2. The zero-order chi connectivity index (χ0) is 26.2. The molecule has 1 N–H and O–H groups in total. The molecule has 1 saturated heterocycles. The third-order valence-corrected chi connectivity index (χ3v) is 9.20. The summed E-state index contributed by atoms with van der Waals surface area (Å²) in [7, 11) is -1.93. The number of nitrogens with one attached hydrogen (secondary N) is 1. The number of amides is 1. The number of likely N-dealkylation sites (N-methyl/N-ethyl adjacent to an activating group) is 1. The van der Waals surface area contributed by atoms with E-state index < -0.39 is 32.8 Å². The van der Waals surface area contributed by atoms with Crippen LogP contribution in [-0.2, 0) is 20.4 Å². The topological polar surface area (TPSA) is 69.7 Å². The smallest absolute Gasteiger partial charge is 0.262 e. The number of halogens is 2. The van der Waals surface area contributed by atoms with E-state index in [0.717, 1.165) is 49.6 Å². The maximum Gasteiger partial charge on any atom is 0.262 e. The first-order valence-corrected chi connectivity index (χ1v) is 14.2. The largest absolute Gasteiger partial charge is 0.369 e. The Labute approximate surface area is 218 Å². The Hall–Kier alpha value is -3.21. The van der Waals surface area contributed by atoms with Gasteiger partial charge < -0.3 is 15.1 Å². The average Bonchev–Trinajstić information content (AvgIpc) is 2.87. The Kier molecular flexibility index (Phi) is 7.06. The lowest BCUT2D eigenvalue weighted by Gasteiger charge is -2.34. The van der Waals surface area contributed by atoms with Crippen LogP contribution >= 0.6 is 11.8 Å². The van der Waals surface area contributed by atoms with Crippen molar-refractivity contribution < 1.29 is 22.0 Å². The number of nitrogens with zero attached hydrogens (tertiary/aromatic N) is 2. The van der Waals surface area contributed by atoms with Crippen molar-refractivity contribution in [2.75, 3.05) is 43.4 Å². The molecular formula is C27H25F2N3O3S2. The number of carbonyl (C=O) groups is 1. The van der Waals surface area contributed by atoms with Gasteiger partial charge in [0.2, 0.25) is 0 Å². The van der Waals surface area contributed by atoms with Gasteiger partial charge in [-0.05, 0) is 61.2 Å². The maximum absolute atomic E-state index is 14.0. The van der Waals surface area contributed by atoms with Crippen molar-refractivity contribution in [1.29, 1.82) is 0 Å². The molecule has 0 aliphatic carbocycles. The number of benzene rings is 3. The van der Waals surface area contributed by atoms with Crippen LogP contribution in [-0.4, -0.2) is 52.5 Å². The monoisotopic (exact) mass is 541 g/mol. The molecule has 5 rings (SSSR count). The number of sulfone groups is 1. The minimum absolute atomic E-state index is 0.123. The summed E-state index contributed by atoms with van der Waals surface area (Å²) in [5.41, 5.74) is 1.85. The molecule has 1 amide bonds. The van der Waals surface area contributed by atoms with E-state index in [9.17, 15) is 22.0 Å². The van der Waals surface area contributed by atoms with E-state index in [0.29, 0.717) is 15.5 Å². The standard InChI is InChI=1S/C27H25F2N3O3S2/c1-31-11-13-32(14-12-31)19-7-5-18(6-8-19)15-26-27(33)30-24-16-20(9-10-25(24)36-26)37(34,35)17-21-22(28)3-2-4-23(21)29/h2-10,15-16H,11-14,17H2,1H3,(H,30,33)/b26-15+. The van der Waals surface area contributed by atoms with Crippen molar-refractivity contribution in [2.24, 2.45) is 0 Å². The van der Waals surface area contributed by atoms with Gasteiger partial charge in [0.05, 0.1) is 21.2 Å². The number of hydrogen-bond donors (Lipinski definition) is 1. The molecule has 0 bridgehead atoms. The summed E-state index contributed by atoms with van der Waals surface area (Å²) in [6.07, 6.45) is 1.79. The van der Waals surface area contributed by atoms with Crippen LogP contribution in [0.25, 0.3) is 6.08 Å². The predicted octanol–water partition coefficient (Wildman–Crippen LogP) is 4.78. The van der Waals surface area contributed by atoms with Gasteiger partial charge in [-0.1, -0.05) is 30.0 Å². The third-order valence-electron chi connectivity index (χ3n) is 6.46. The van der Waals surface area contributed by atoms with Crippen molar-refractivity contribution in [3.05, 3.63) is 88.3 Å². The molecule has 192 valence electrons. The minimum atomic E-state index is -4.05. The van der Waals surface area contributed by atoms with Crippen molar-refractivity contribution in [3.63, 3.8) is 0 Å². The van der Waals surface area contributed by atoms with Crippen LogP contribution in [0.1, 0.15) is 11.1 Å². The summed E-state index contributed by atoms with van der Waals surface area (Å²) < 4.78 is 53.7. The van der Waals surface area contributed by atoms with E-state index in [1.807, 2.05) is 24.3 Å². The Morgan fingerprint density at radius 1 is 0.973 bits per heavy atom. The van der Waals surface area contributed by atoms with E-state index >= 15 is 0 Å². The second-order valence-electron chi connectivity index (χ2n) is 9.06. The second-order valence-corrected chi connectivity index (χ2v) is 12.1. The zero-order valence-corrected chi connectivity index (χ0v) is 21.7. The second kappa shape index (κ2) is 10.3. The molecule has 3 aromatic carbocycles. The number of rotatable bonds is 5. The number of hydrogen-bond acceptors (Lipinski definition) is 6. The molecule has 2 aliphatic rings. The molecule has 0 radical (unpaired) electrons. The molecule has 3 aromatic rings. The lowest BCUT2D eigenvalue weighted by Crippen LogP contribution is -2.44. The maximum atomic E-state index is 14.0. The highest BCUT2D eigenvalue weighted by atomic mass is 32.2. The van der Waals surface area contributed by atoms with Crippen LogP contribution < -0.4 is 10.2 Å². The lowest BCUT2D eigenvalue weighted by atomic mass is 10.1. The third kappa shape index (κ3) is 5.56. The zero-order valence-electron chi connectivity index (χ0n) is 20.1. The highest BCUT2D eigenvalue weighted by Crippen LogP contribution is 2.40. The summed E-state index contributed by atoms with van der Waals surface area (Å²) in [5, 5.41) is 2.74. The lowest BCUT2D eigenvalue weighted by molar-refractivity contribution is -0.112. The summed E-state index contributed by atoms with van der Waals surface area (Å²) in [4.78, 5) is 18.4. The first-order chi connectivity index (χ1) is 17.7. The van der Waals surface area contributed by atoms with E-state index in [2.05, 4.69) is 22.2 Å². The van der Waals surface area contributed by atoms with Gasteiger partial charge in [0.15, 0.2) is 9.84 Å². The van der Waals surface area contributed by atoms with Crippen LogP contribution in [0, 0.1) is 11.6 Å². The van der Waals surface area contributed by atoms with Gasteiger partial charge in [-0.25, -0.2) is 17.2 Å². The molecule has 0 atom stereocenters. The molecule has 1 fully saturated rings. The van der Waals surface area contributed by atoms with Gasteiger partial charge in [0.25, 0.3) is 5.91 Å². The van der Waals surface area contributed by atoms with E-state index in [1.54, 1.807) is 12.1 Å². The fourth-order valence-electron chi connectivity index (χ4n) is 4.27. The van der Waals surface area contributed by atoms with Gasteiger partial charge in [-0.2, -0.15) is 0 Å². The minimum Gasteiger partial charge on any atom is -0.369 e. The van der Waals surface area contributed by atoms with Crippen molar-refractivity contribution >= 4 is 45.0 Å². The van der Waals surface area contributed by atoms with Gasteiger partial charge >= 0.3 is 0 Å². The molecule has 0 saturated carbocycles. The summed E-state index contributed by atoms with van der Waals surface area (Å²) in [6.45, 7) is 3.98. The Balaban J connectivity index is 1.33. The van der Waals surface area contributed by atoms with E-state index in [4.69, 9.17) is 0 Å². The van der Waals surface area contributed by atoms with Gasteiger partial charge in [-0.15, -0.1) is 0 Å². The first-order valence-electron chi connectivity index (χ1n) is 11.7. The van der Waals surface area contributed by atoms with Gasteiger partial charge in [-0.3, -0.25) is 4.79 Å². The summed E-state index contributed by atoms with van der Waals surface area (Å²) >= 11 is 1.24. The molecule has 37 heavy (non-hydrogen) atoms. The van der Waals surface area contributed by atoms with Crippen LogP contribution in [0.4, 0.5) is 20.2 Å². The highest BCUT2D eigenvalue weighted by Gasteiger charge is 2.26. The molecule has 0 unspecified atom stereocenters. The number of fused-ring (bicyclic) bond motifs is 1. The Morgan fingerprint density at radius 3 is 2.32 bits per heavy atom. The SMILES string of the molecule is CN1CCN(c2ccc(/C=C3/Sc4ccc(S(=O)(=O)Cc5c(F)cccc5F)cc4NC3=O)cc2)CC1. The number of piperazine rings is 1. The Morgan fingerprint density at radius 2 is 1.65 bits per heavy atom. The molecule has 0 aromatic heterocycles. The van der Waals surface area contributed by atoms with Crippen LogP contribution in [0.5, 0.6) is 0 Å². The molecule has 6 nitrogen and oxygen atoms in total. The number of thioether (sulfide) groups is 1. The van der Waals surface area contributed by atoms with Crippen molar-refractivity contribution in [2.45, 2.75) is 15.5 Å². The summed E-state index contributed by atoms with van der Waals surface area (Å²) in [6, 6.07) is 15.6. The predicted molar refractivity (Wildman–Crippen MR) is 142 cm³/mol. The molecule has 0 spiro atoms. The summed E-state index contributed by atoms with van der Waals surface area (Å²) in [5.74, 6) is -3.01. The molecule has 10 heteroatoms. The van der Waals surface area contributed by atoms with E-state index in [1.165, 1.54) is 30.0 Å². The van der Waals surface area contributed by atoms with Crippen molar-refractivity contribution in [3.8, 4) is 0 Å². The van der Waals surface area contributed by atoms with Gasteiger partial charge in [0.1, 0.15) is 11.6 Å². The first kappa shape index (κ1) is 25.4. The fraction of sp³-hybridized carbons (Fsp3) is 0.222. The normalized spacial score (nSPS) is 17.5. The van der Waals surface area contributed by atoms with Crippen LogP contribution in [0.2, 0.25) is 0 Å². The number of carbonyl (C=O) groups excluding carboxylic acids is 1. The van der Waals surface area contributed by atoms with Crippen LogP contribution in [0.3, 0.4) is 0 Å². The molecule has 2 aliphatic heterocycles.